The molecule has 0 heterocycles. The molecule has 3 heteroatoms. The fourth-order valence-electron chi connectivity index (χ4n) is 2.13. The second-order valence-electron chi connectivity index (χ2n) is 5.04. The van der Waals surface area contributed by atoms with Crippen molar-refractivity contribution in [3.63, 3.8) is 0 Å². The average molecular weight is 198 g/mol. The summed E-state index contributed by atoms with van der Waals surface area (Å²) in [4.78, 5) is 10.6. The first kappa shape index (κ1) is 11.5. The van der Waals surface area contributed by atoms with Crippen molar-refractivity contribution < 1.29 is 4.79 Å². The van der Waals surface area contributed by atoms with Gasteiger partial charge in [0.2, 0.25) is 5.91 Å². The summed E-state index contributed by atoms with van der Waals surface area (Å²) in [7, 11) is 0. The van der Waals surface area contributed by atoms with Crippen molar-refractivity contribution in [1.82, 2.24) is 10.6 Å². The second kappa shape index (κ2) is 4.78. The van der Waals surface area contributed by atoms with Crippen LogP contribution in [0.5, 0.6) is 0 Å². The van der Waals surface area contributed by atoms with Crippen LogP contribution < -0.4 is 10.6 Å². The molecule has 1 aliphatic carbocycles. The molecule has 0 aromatic carbocycles. The highest BCUT2D eigenvalue weighted by molar-refractivity contribution is 5.72. The maximum absolute atomic E-state index is 10.6. The summed E-state index contributed by atoms with van der Waals surface area (Å²) in [5.74, 6) is 0.0542. The predicted molar refractivity (Wildman–Crippen MR) is 58.1 cm³/mol. The summed E-state index contributed by atoms with van der Waals surface area (Å²) in [6.45, 7) is 7.83. The molecule has 14 heavy (non-hydrogen) atoms. The summed E-state index contributed by atoms with van der Waals surface area (Å²) in [6, 6.07) is 0.652. The minimum atomic E-state index is 0.0542. The van der Waals surface area contributed by atoms with Crippen molar-refractivity contribution in [2.24, 2.45) is 5.41 Å². The lowest BCUT2D eigenvalue weighted by atomic mass is 9.92. The molecule has 1 aliphatic rings. The van der Waals surface area contributed by atoms with Crippen LogP contribution in [0.1, 0.15) is 40.0 Å². The van der Waals surface area contributed by atoms with E-state index in [0.717, 1.165) is 13.1 Å². The minimum absolute atomic E-state index is 0.0542. The van der Waals surface area contributed by atoms with E-state index in [1.165, 1.54) is 19.3 Å². The second-order valence-corrected chi connectivity index (χ2v) is 5.04. The SMILES string of the molecule is CC(=O)NCCNC1CCC(C)(C)C1. The molecule has 2 N–H and O–H groups in total. The molecule has 0 saturated heterocycles. The van der Waals surface area contributed by atoms with Crippen LogP contribution in [0.15, 0.2) is 0 Å². The Morgan fingerprint density at radius 2 is 2.14 bits per heavy atom. The molecule has 0 aromatic rings. The first-order valence-corrected chi connectivity index (χ1v) is 5.47. The van der Waals surface area contributed by atoms with Crippen LogP contribution in [0.25, 0.3) is 0 Å². The number of carbonyl (C=O) groups is 1. The summed E-state index contributed by atoms with van der Waals surface area (Å²) in [5.41, 5.74) is 0.506. The third kappa shape index (κ3) is 4.09. The molecule has 0 radical (unpaired) electrons. The van der Waals surface area contributed by atoms with Crippen LogP contribution in [0.3, 0.4) is 0 Å². The van der Waals surface area contributed by atoms with Crippen LogP contribution in [-0.2, 0) is 4.79 Å². The van der Waals surface area contributed by atoms with Gasteiger partial charge >= 0.3 is 0 Å². The fourth-order valence-corrected chi connectivity index (χ4v) is 2.13. The number of hydrogen-bond acceptors (Lipinski definition) is 2. The maximum Gasteiger partial charge on any atom is 0.216 e. The van der Waals surface area contributed by atoms with E-state index >= 15 is 0 Å². The quantitative estimate of drug-likeness (QED) is 0.668. The normalized spacial score (nSPS) is 24.9. The van der Waals surface area contributed by atoms with E-state index in [2.05, 4.69) is 24.5 Å². The van der Waals surface area contributed by atoms with Crippen LogP contribution in [0.4, 0.5) is 0 Å². The minimum Gasteiger partial charge on any atom is -0.355 e. The lowest BCUT2D eigenvalue weighted by Gasteiger charge is -2.17. The molecule has 0 bridgehead atoms. The summed E-state index contributed by atoms with van der Waals surface area (Å²) in [5, 5.41) is 6.27. The zero-order valence-electron chi connectivity index (χ0n) is 9.52. The Kier molecular flexibility index (Phi) is 3.93. The zero-order chi connectivity index (χ0) is 10.6. The van der Waals surface area contributed by atoms with Crippen molar-refractivity contribution in [2.45, 2.75) is 46.1 Å². The molecule has 1 amide bonds. The molecule has 3 nitrogen and oxygen atoms in total. The Bertz CT molecular complexity index is 201. The van der Waals surface area contributed by atoms with E-state index in [9.17, 15) is 4.79 Å². The van der Waals surface area contributed by atoms with Gasteiger partial charge < -0.3 is 10.6 Å². The van der Waals surface area contributed by atoms with Gasteiger partial charge in [0.05, 0.1) is 0 Å². The van der Waals surface area contributed by atoms with Crippen molar-refractivity contribution >= 4 is 5.91 Å². The van der Waals surface area contributed by atoms with Gasteiger partial charge in [-0.1, -0.05) is 13.8 Å². The predicted octanol–water partition coefficient (Wildman–Crippen LogP) is 1.29. The first-order chi connectivity index (χ1) is 6.49. The Balaban J connectivity index is 2.06. The van der Waals surface area contributed by atoms with Crippen molar-refractivity contribution in [2.75, 3.05) is 13.1 Å². The van der Waals surface area contributed by atoms with Gasteiger partial charge in [0.25, 0.3) is 0 Å². The number of nitrogens with one attached hydrogen (secondary N) is 2. The maximum atomic E-state index is 10.6. The molecular formula is C11H22N2O. The monoisotopic (exact) mass is 198 g/mol. The largest absolute Gasteiger partial charge is 0.355 e. The lowest BCUT2D eigenvalue weighted by Crippen LogP contribution is -2.35. The molecule has 1 unspecified atom stereocenters. The van der Waals surface area contributed by atoms with Crippen molar-refractivity contribution in [3.05, 3.63) is 0 Å². The van der Waals surface area contributed by atoms with Gasteiger partial charge in [-0.15, -0.1) is 0 Å². The third-order valence-corrected chi connectivity index (χ3v) is 2.90. The van der Waals surface area contributed by atoms with Gasteiger partial charge in [0.1, 0.15) is 0 Å². The van der Waals surface area contributed by atoms with Crippen LogP contribution >= 0.6 is 0 Å². The van der Waals surface area contributed by atoms with Gasteiger partial charge in [0.15, 0.2) is 0 Å². The van der Waals surface area contributed by atoms with Gasteiger partial charge in [-0.3, -0.25) is 4.79 Å². The van der Waals surface area contributed by atoms with Gasteiger partial charge in [-0.25, -0.2) is 0 Å². The van der Waals surface area contributed by atoms with Crippen LogP contribution in [-0.4, -0.2) is 25.0 Å². The van der Waals surface area contributed by atoms with E-state index in [0.29, 0.717) is 11.5 Å². The van der Waals surface area contributed by atoms with E-state index < -0.39 is 0 Å². The fraction of sp³-hybridized carbons (Fsp3) is 0.909. The molecule has 0 aliphatic heterocycles. The van der Waals surface area contributed by atoms with Crippen LogP contribution in [0, 0.1) is 5.41 Å². The molecule has 1 atom stereocenters. The van der Waals surface area contributed by atoms with E-state index in [4.69, 9.17) is 0 Å². The van der Waals surface area contributed by atoms with E-state index in [-0.39, 0.29) is 5.91 Å². The van der Waals surface area contributed by atoms with E-state index in [1.807, 2.05) is 0 Å². The third-order valence-electron chi connectivity index (χ3n) is 2.90. The Morgan fingerprint density at radius 3 is 2.64 bits per heavy atom. The number of carbonyl (C=O) groups excluding carboxylic acids is 1. The van der Waals surface area contributed by atoms with Gasteiger partial charge in [0, 0.05) is 26.1 Å². The standard InChI is InChI=1S/C11H22N2O/c1-9(14)12-6-7-13-10-4-5-11(2,3)8-10/h10,13H,4-8H2,1-3H3,(H,12,14). The topological polar surface area (TPSA) is 41.1 Å². The molecule has 1 rings (SSSR count). The lowest BCUT2D eigenvalue weighted by molar-refractivity contribution is -0.118. The molecule has 82 valence electrons. The number of hydrogen-bond donors (Lipinski definition) is 2. The molecule has 0 aromatic heterocycles. The van der Waals surface area contributed by atoms with Crippen molar-refractivity contribution in [1.29, 1.82) is 0 Å². The highest BCUT2D eigenvalue weighted by atomic mass is 16.1. The Hall–Kier alpha value is -0.570. The Labute approximate surface area is 86.6 Å². The van der Waals surface area contributed by atoms with E-state index in [1.54, 1.807) is 6.92 Å². The van der Waals surface area contributed by atoms with Gasteiger partial charge in [-0.2, -0.15) is 0 Å². The van der Waals surface area contributed by atoms with Crippen LogP contribution in [0.2, 0.25) is 0 Å². The van der Waals surface area contributed by atoms with Gasteiger partial charge in [-0.05, 0) is 24.7 Å². The molecule has 1 fully saturated rings. The molecule has 0 spiro atoms. The summed E-state index contributed by atoms with van der Waals surface area (Å²) in [6.07, 6.45) is 3.84. The highest BCUT2D eigenvalue weighted by Gasteiger charge is 2.30. The smallest absolute Gasteiger partial charge is 0.216 e. The number of amides is 1. The number of rotatable bonds is 4. The average Bonchev–Trinajstić information content (AvgIpc) is 2.39. The molecule has 1 saturated carbocycles. The summed E-state index contributed by atoms with van der Waals surface area (Å²) >= 11 is 0. The highest BCUT2D eigenvalue weighted by Crippen LogP contribution is 2.36. The molecular weight excluding hydrogens is 176 g/mol. The Morgan fingerprint density at radius 1 is 1.43 bits per heavy atom. The summed E-state index contributed by atoms with van der Waals surface area (Å²) < 4.78 is 0. The zero-order valence-corrected chi connectivity index (χ0v) is 9.52. The first-order valence-electron chi connectivity index (χ1n) is 5.47. The van der Waals surface area contributed by atoms with Crippen molar-refractivity contribution in [3.8, 4) is 0 Å².